The SMILES string of the molecule is Cc1cc(S(=O)(=O)NCC2CCN(c3ccncc3)CC2)ccc1F. The number of rotatable bonds is 5. The van der Waals surface area contributed by atoms with Crippen molar-refractivity contribution < 1.29 is 12.8 Å². The van der Waals surface area contributed by atoms with Crippen molar-refractivity contribution in [3.63, 3.8) is 0 Å². The molecule has 0 unspecified atom stereocenters. The first-order valence-corrected chi connectivity index (χ1v) is 9.85. The third kappa shape index (κ3) is 4.35. The summed E-state index contributed by atoms with van der Waals surface area (Å²) in [4.78, 5) is 6.42. The number of aryl methyl sites for hydroxylation is 1. The normalized spacial score (nSPS) is 16.2. The fraction of sp³-hybridized carbons (Fsp3) is 0.389. The van der Waals surface area contributed by atoms with E-state index in [1.165, 1.54) is 18.2 Å². The Balaban J connectivity index is 1.55. The maximum Gasteiger partial charge on any atom is 0.240 e. The fourth-order valence-corrected chi connectivity index (χ4v) is 4.25. The molecule has 5 nitrogen and oxygen atoms in total. The van der Waals surface area contributed by atoms with Crippen LogP contribution in [0.5, 0.6) is 0 Å². The van der Waals surface area contributed by atoms with Crippen molar-refractivity contribution >= 4 is 15.7 Å². The molecular formula is C18H22FN3O2S. The summed E-state index contributed by atoms with van der Waals surface area (Å²) in [5.41, 5.74) is 1.48. The van der Waals surface area contributed by atoms with Gasteiger partial charge < -0.3 is 4.90 Å². The molecule has 1 fully saturated rings. The van der Waals surface area contributed by atoms with Gasteiger partial charge in [-0.3, -0.25) is 4.98 Å². The second-order valence-corrected chi connectivity index (χ2v) is 8.17. The van der Waals surface area contributed by atoms with Gasteiger partial charge >= 0.3 is 0 Å². The largest absolute Gasteiger partial charge is 0.371 e. The summed E-state index contributed by atoms with van der Waals surface area (Å²) in [6.07, 6.45) is 5.40. The molecule has 7 heteroatoms. The first-order chi connectivity index (χ1) is 12.0. The van der Waals surface area contributed by atoms with Crippen LogP contribution in [0.1, 0.15) is 18.4 Å². The van der Waals surface area contributed by atoms with Crippen molar-refractivity contribution in [2.45, 2.75) is 24.7 Å². The van der Waals surface area contributed by atoms with E-state index < -0.39 is 15.8 Å². The Bertz CT molecular complexity index is 819. The van der Waals surface area contributed by atoms with Gasteiger partial charge in [-0.15, -0.1) is 0 Å². The molecule has 3 rings (SSSR count). The van der Waals surface area contributed by atoms with Gasteiger partial charge in [-0.25, -0.2) is 17.5 Å². The van der Waals surface area contributed by atoms with Crippen LogP contribution in [0.15, 0.2) is 47.6 Å². The second kappa shape index (κ2) is 7.49. The van der Waals surface area contributed by atoms with Crippen molar-refractivity contribution in [1.82, 2.24) is 9.71 Å². The van der Waals surface area contributed by atoms with Crippen molar-refractivity contribution in [2.75, 3.05) is 24.5 Å². The van der Waals surface area contributed by atoms with Crippen LogP contribution >= 0.6 is 0 Å². The third-order valence-corrected chi connectivity index (χ3v) is 6.07. The van der Waals surface area contributed by atoms with Crippen LogP contribution in [0.2, 0.25) is 0 Å². The van der Waals surface area contributed by atoms with Gasteiger partial charge in [-0.1, -0.05) is 0 Å². The molecule has 25 heavy (non-hydrogen) atoms. The zero-order chi connectivity index (χ0) is 17.9. The molecule has 134 valence electrons. The fourth-order valence-electron chi connectivity index (χ4n) is 3.05. The molecular weight excluding hydrogens is 341 g/mol. The van der Waals surface area contributed by atoms with E-state index in [-0.39, 0.29) is 4.90 Å². The lowest BCUT2D eigenvalue weighted by Crippen LogP contribution is -2.38. The van der Waals surface area contributed by atoms with E-state index >= 15 is 0 Å². The molecule has 0 radical (unpaired) electrons. The Hall–Kier alpha value is -1.99. The average molecular weight is 363 g/mol. The number of benzene rings is 1. The molecule has 1 aromatic carbocycles. The number of sulfonamides is 1. The molecule has 0 aliphatic carbocycles. The Labute approximate surface area is 147 Å². The maximum atomic E-state index is 13.3. The van der Waals surface area contributed by atoms with Gasteiger partial charge in [-0.2, -0.15) is 0 Å². The summed E-state index contributed by atoms with van der Waals surface area (Å²) in [6.45, 7) is 3.75. The van der Waals surface area contributed by atoms with Crippen molar-refractivity contribution in [1.29, 1.82) is 0 Å². The standard InChI is InChI=1S/C18H22FN3O2S/c1-14-12-17(2-3-18(14)19)25(23,24)21-13-15-6-10-22(11-7-15)16-4-8-20-9-5-16/h2-5,8-9,12,15,21H,6-7,10-11,13H2,1H3. The quantitative estimate of drug-likeness (QED) is 0.887. The van der Waals surface area contributed by atoms with Gasteiger partial charge in [-0.05, 0) is 61.6 Å². The van der Waals surface area contributed by atoms with Crippen molar-refractivity contribution in [2.24, 2.45) is 5.92 Å². The van der Waals surface area contributed by atoms with Crippen LogP contribution in [0.3, 0.4) is 0 Å². The average Bonchev–Trinajstić information content (AvgIpc) is 2.63. The minimum absolute atomic E-state index is 0.112. The molecule has 2 aromatic rings. The Morgan fingerprint density at radius 3 is 2.52 bits per heavy atom. The first-order valence-electron chi connectivity index (χ1n) is 8.36. The molecule has 1 aromatic heterocycles. The zero-order valence-corrected chi connectivity index (χ0v) is 15.0. The van der Waals surface area contributed by atoms with E-state index in [0.29, 0.717) is 18.0 Å². The molecule has 0 bridgehead atoms. The minimum Gasteiger partial charge on any atom is -0.371 e. The van der Waals surface area contributed by atoms with E-state index in [2.05, 4.69) is 14.6 Å². The first kappa shape index (κ1) is 17.8. The predicted octanol–water partition coefficient (Wildman–Crippen LogP) is 2.72. The van der Waals surface area contributed by atoms with E-state index in [1.807, 2.05) is 12.1 Å². The monoisotopic (exact) mass is 363 g/mol. The second-order valence-electron chi connectivity index (χ2n) is 6.40. The molecule has 2 heterocycles. The van der Waals surface area contributed by atoms with Crippen LogP contribution in [-0.4, -0.2) is 33.0 Å². The number of hydrogen-bond acceptors (Lipinski definition) is 4. The lowest BCUT2D eigenvalue weighted by atomic mass is 9.97. The maximum absolute atomic E-state index is 13.3. The summed E-state index contributed by atoms with van der Waals surface area (Å²) in [6, 6.07) is 7.83. The van der Waals surface area contributed by atoms with Gasteiger partial charge in [0.15, 0.2) is 0 Å². The number of nitrogens with one attached hydrogen (secondary N) is 1. The molecule has 0 saturated carbocycles. The summed E-state index contributed by atoms with van der Waals surface area (Å²) >= 11 is 0. The molecule has 1 N–H and O–H groups in total. The van der Waals surface area contributed by atoms with Gasteiger partial charge in [0.1, 0.15) is 5.82 Å². The predicted molar refractivity (Wildman–Crippen MR) is 95.5 cm³/mol. The van der Waals surface area contributed by atoms with E-state index in [0.717, 1.165) is 31.6 Å². The smallest absolute Gasteiger partial charge is 0.240 e. The lowest BCUT2D eigenvalue weighted by Gasteiger charge is -2.33. The number of piperidine rings is 1. The molecule has 0 atom stereocenters. The van der Waals surface area contributed by atoms with Crippen molar-refractivity contribution in [3.8, 4) is 0 Å². The highest BCUT2D eigenvalue weighted by atomic mass is 32.2. The number of pyridine rings is 1. The highest BCUT2D eigenvalue weighted by molar-refractivity contribution is 7.89. The van der Waals surface area contributed by atoms with Crippen LogP contribution in [0, 0.1) is 18.7 Å². The highest BCUT2D eigenvalue weighted by Crippen LogP contribution is 2.23. The van der Waals surface area contributed by atoms with Crippen LogP contribution in [0.25, 0.3) is 0 Å². The van der Waals surface area contributed by atoms with Crippen LogP contribution in [0.4, 0.5) is 10.1 Å². The Kier molecular flexibility index (Phi) is 5.34. The lowest BCUT2D eigenvalue weighted by molar-refractivity contribution is 0.402. The number of halogens is 1. The van der Waals surface area contributed by atoms with Gasteiger partial charge in [0.05, 0.1) is 4.90 Å². The summed E-state index contributed by atoms with van der Waals surface area (Å²) < 4.78 is 40.7. The molecule has 1 saturated heterocycles. The number of aromatic nitrogens is 1. The van der Waals surface area contributed by atoms with Gasteiger partial charge in [0.25, 0.3) is 0 Å². The molecule has 0 spiro atoms. The molecule has 0 amide bonds. The Morgan fingerprint density at radius 1 is 1.20 bits per heavy atom. The van der Waals surface area contributed by atoms with Crippen molar-refractivity contribution in [3.05, 3.63) is 54.1 Å². The molecule has 1 aliphatic rings. The summed E-state index contributed by atoms with van der Waals surface area (Å²) in [7, 11) is -3.60. The third-order valence-electron chi connectivity index (χ3n) is 4.64. The van der Waals surface area contributed by atoms with E-state index in [4.69, 9.17) is 0 Å². The van der Waals surface area contributed by atoms with Crippen LogP contribution in [-0.2, 0) is 10.0 Å². The topological polar surface area (TPSA) is 62.3 Å². The van der Waals surface area contributed by atoms with Crippen LogP contribution < -0.4 is 9.62 Å². The zero-order valence-electron chi connectivity index (χ0n) is 14.2. The number of hydrogen-bond donors (Lipinski definition) is 1. The number of nitrogens with zero attached hydrogens (tertiary/aromatic N) is 2. The van der Waals surface area contributed by atoms with Gasteiger partial charge in [0, 0.05) is 37.7 Å². The number of anilines is 1. The molecule has 1 aliphatic heterocycles. The minimum atomic E-state index is -3.60. The Morgan fingerprint density at radius 2 is 1.88 bits per heavy atom. The van der Waals surface area contributed by atoms with Gasteiger partial charge in [0.2, 0.25) is 10.0 Å². The van der Waals surface area contributed by atoms with E-state index in [1.54, 1.807) is 19.3 Å². The summed E-state index contributed by atoms with van der Waals surface area (Å²) in [5, 5.41) is 0. The highest BCUT2D eigenvalue weighted by Gasteiger charge is 2.22. The van der Waals surface area contributed by atoms with E-state index in [9.17, 15) is 12.8 Å². The summed E-state index contributed by atoms with van der Waals surface area (Å²) in [5.74, 6) is -0.100.